The van der Waals surface area contributed by atoms with Crippen LogP contribution in [0.1, 0.15) is 46.0 Å². The minimum Gasteiger partial charge on any atom is -0.298 e. The molecule has 1 atom stereocenters. The van der Waals surface area contributed by atoms with Crippen LogP contribution in [0.4, 0.5) is 0 Å². The maximum atomic E-state index is 11.5. The van der Waals surface area contributed by atoms with Crippen molar-refractivity contribution in [2.45, 2.75) is 46.0 Å². The zero-order valence-corrected chi connectivity index (χ0v) is 10.2. The van der Waals surface area contributed by atoms with E-state index in [1.165, 1.54) is 31.4 Å². The van der Waals surface area contributed by atoms with Crippen molar-refractivity contribution in [2.75, 3.05) is 11.5 Å². The third-order valence-corrected chi connectivity index (χ3v) is 4.43. The van der Waals surface area contributed by atoms with E-state index in [2.05, 4.69) is 6.92 Å². The summed E-state index contributed by atoms with van der Waals surface area (Å²) in [7, 11) is 0. The van der Waals surface area contributed by atoms with Gasteiger partial charge in [-0.2, -0.15) is 11.8 Å². The van der Waals surface area contributed by atoms with E-state index in [1.54, 1.807) is 0 Å². The Morgan fingerprint density at radius 1 is 1.43 bits per heavy atom. The van der Waals surface area contributed by atoms with Crippen molar-refractivity contribution in [3.05, 3.63) is 0 Å². The number of hydrogen-bond donors (Lipinski definition) is 0. The second kappa shape index (κ2) is 6.49. The average Bonchev–Trinajstić information content (AvgIpc) is 2.69. The number of ketones is 1. The predicted molar refractivity (Wildman–Crippen MR) is 63.7 cm³/mol. The summed E-state index contributed by atoms with van der Waals surface area (Å²) in [6.07, 6.45) is 6.59. The molecule has 1 unspecified atom stereocenters. The van der Waals surface area contributed by atoms with Crippen molar-refractivity contribution in [3.63, 3.8) is 0 Å². The van der Waals surface area contributed by atoms with Crippen molar-refractivity contribution >= 4 is 17.5 Å². The van der Waals surface area contributed by atoms with Crippen LogP contribution in [0.15, 0.2) is 0 Å². The largest absolute Gasteiger partial charge is 0.298 e. The predicted octanol–water partition coefficient (Wildman–Crippen LogP) is 3.53. The Morgan fingerprint density at radius 3 is 2.64 bits per heavy atom. The molecular weight excluding hydrogens is 192 g/mol. The molecule has 0 spiro atoms. The van der Waals surface area contributed by atoms with Gasteiger partial charge in [-0.15, -0.1) is 0 Å². The topological polar surface area (TPSA) is 17.1 Å². The minimum atomic E-state index is 0.270. The number of Topliss-reactive ketones (excluding diaryl/α,β-unsaturated/α-hetero) is 1. The van der Waals surface area contributed by atoms with E-state index in [4.69, 9.17) is 0 Å². The molecule has 0 bridgehead atoms. The van der Waals surface area contributed by atoms with E-state index in [-0.39, 0.29) is 5.92 Å². The second-order valence-electron chi connectivity index (χ2n) is 4.44. The lowest BCUT2D eigenvalue weighted by Crippen LogP contribution is -2.13. The third-order valence-electron chi connectivity index (χ3n) is 3.23. The molecule has 0 heterocycles. The van der Waals surface area contributed by atoms with Crippen LogP contribution in [0, 0.1) is 11.8 Å². The molecule has 0 radical (unpaired) electrons. The summed E-state index contributed by atoms with van der Waals surface area (Å²) in [5, 5.41) is 0. The number of carbonyl (C=O) groups excluding carboxylic acids is 1. The molecule has 0 aromatic carbocycles. The monoisotopic (exact) mass is 214 g/mol. The summed E-state index contributed by atoms with van der Waals surface area (Å²) >= 11 is 1.85. The second-order valence-corrected chi connectivity index (χ2v) is 5.47. The normalized spacial score (nSPS) is 19.9. The van der Waals surface area contributed by atoms with Gasteiger partial charge in [0.25, 0.3) is 0 Å². The van der Waals surface area contributed by atoms with Gasteiger partial charge in [-0.1, -0.05) is 26.7 Å². The summed E-state index contributed by atoms with van der Waals surface area (Å²) in [6, 6.07) is 0. The van der Waals surface area contributed by atoms with Crippen molar-refractivity contribution in [1.82, 2.24) is 0 Å². The van der Waals surface area contributed by atoms with E-state index in [9.17, 15) is 4.79 Å². The molecule has 0 amide bonds. The van der Waals surface area contributed by atoms with Crippen LogP contribution in [0.3, 0.4) is 0 Å². The fourth-order valence-electron chi connectivity index (χ4n) is 1.87. The first kappa shape index (κ1) is 12.1. The number of hydrogen-bond acceptors (Lipinski definition) is 2. The van der Waals surface area contributed by atoms with Crippen LogP contribution in [-0.2, 0) is 4.79 Å². The lowest BCUT2D eigenvalue weighted by molar-refractivity contribution is -0.119. The van der Waals surface area contributed by atoms with E-state index in [1.807, 2.05) is 18.7 Å². The standard InChI is InChI=1S/C12H22OS/c1-3-10(2)12(13)9-14-8-11-6-4-5-7-11/h10-11H,3-9H2,1-2H3. The molecule has 1 fully saturated rings. The van der Waals surface area contributed by atoms with Gasteiger partial charge in [-0.05, 0) is 30.9 Å². The Labute approximate surface area is 92.0 Å². The van der Waals surface area contributed by atoms with Gasteiger partial charge in [0.15, 0.2) is 0 Å². The summed E-state index contributed by atoms with van der Waals surface area (Å²) in [6.45, 7) is 4.13. The van der Waals surface area contributed by atoms with E-state index in [0.29, 0.717) is 5.78 Å². The van der Waals surface area contributed by atoms with Crippen LogP contribution in [0.25, 0.3) is 0 Å². The van der Waals surface area contributed by atoms with Gasteiger partial charge in [-0.25, -0.2) is 0 Å². The highest BCUT2D eigenvalue weighted by atomic mass is 32.2. The smallest absolute Gasteiger partial charge is 0.145 e. The summed E-state index contributed by atoms with van der Waals surface area (Å²) in [5.41, 5.74) is 0. The Balaban J connectivity index is 2.05. The lowest BCUT2D eigenvalue weighted by Gasteiger charge is -2.09. The Morgan fingerprint density at radius 2 is 2.07 bits per heavy atom. The molecule has 1 aliphatic rings. The summed E-state index contributed by atoms with van der Waals surface area (Å²) in [4.78, 5) is 11.5. The summed E-state index contributed by atoms with van der Waals surface area (Å²) in [5.74, 6) is 3.57. The zero-order valence-electron chi connectivity index (χ0n) is 9.42. The lowest BCUT2D eigenvalue weighted by atomic mass is 10.1. The average molecular weight is 214 g/mol. The van der Waals surface area contributed by atoms with Crippen molar-refractivity contribution in [1.29, 1.82) is 0 Å². The Kier molecular flexibility index (Phi) is 5.61. The molecule has 1 rings (SSSR count). The maximum Gasteiger partial charge on any atom is 0.145 e. The van der Waals surface area contributed by atoms with Crippen LogP contribution < -0.4 is 0 Å². The van der Waals surface area contributed by atoms with Crippen LogP contribution in [0.5, 0.6) is 0 Å². The highest BCUT2D eigenvalue weighted by molar-refractivity contribution is 7.99. The molecule has 2 heteroatoms. The number of rotatable bonds is 6. The van der Waals surface area contributed by atoms with E-state index < -0.39 is 0 Å². The first-order valence-corrected chi connectivity index (χ1v) is 7.00. The molecule has 1 aliphatic carbocycles. The Bertz CT molecular complexity index is 173. The van der Waals surface area contributed by atoms with Gasteiger partial charge in [0, 0.05) is 5.92 Å². The highest BCUT2D eigenvalue weighted by Gasteiger charge is 2.16. The molecule has 0 aromatic rings. The van der Waals surface area contributed by atoms with Crippen molar-refractivity contribution < 1.29 is 4.79 Å². The quantitative estimate of drug-likeness (QED) is 0.673. The molecule has 82 valence electrons. The Hall–Kier alpha value is 0.0200. The van der Waals surface area contributed by atoms with Crippen molar-refractivity contribution in [2.24, 2.45) is 11.8 Å². The van der Waals surface area contributed by atoms with Crippen LogP contribution in [0.2, 0.25) is 0 Å². The van der Waals surface area contributed by atoms with E-state index >= 15 is 0 Å². The molecular formula is C12H22OS. The minimum absolute atomic E-state index is 0.270. The molecule has 1 saturated carbocycles. The number of carbonyl (C=O) groups is 1. The number of thioether (sulfide) groups is 1. The molecule has 14 heavy (non-hydrogen) atoms. The van der Waals surface area contributed by atoms with Gasteiger partial charge in [0.05, 0.1) is 5.75 Å². The van der Waals surface area contributed by atoms with Gasteiger partial charge in [0.1, 0.15) is 5.78 Å². The zero-order chi connectivity index (χ0) is 10.4. The molecule has 0 aromatic heterocycles. The molecule has 1 nitrogen and oxygen atoms in total. The highest BCUT2D eigenvalue weighted by Crippen LogP contribution is 2.28. The first-order chi connectivity index (χ1) is 6.74. The first-order valence-electron chi connectivity index (χ1n) is 5.84. The molecule has 0 aliphatic heterocycles. The van der Waals surface area contributed by atoms with Gasteiger partial charge < -0.3 is 0 Å². The maximum absolute atomic E-state index is 11.5. The van der Waals surface area contributed by atoms with Gasteiger partial charge in [-0.3, -0.25) is 4.79 Å². The summed E-state index contributed by atoms with van der Waals surface area (Å²) < 4.78 is 0. The fraction of sp³-hybridized carbons (Fsp3) is 0.917. The third kappa shape index (κ3) is 4.04. The van der Waals surface area contributed by atoms with E-state index in [0.717, 1.165) is 18.1 Å². The molecule has 0 saturated heterocycles. The van der Waals surface area contributed by atoms with Crippen LogP contribution in [-0.4, -0.2) is 17.3 Å². The fourth-order valence-corrected chi connectivity index (χ4v) is 3.14. The van der Waals surface area contributed by atoms with Gasteiger partial charge in [0.2, 0.25) is 0 Å². The van der Waals surface area contributed by atoms with Gasteiger partial charge >= 0.3 is 0 Å². The SMILES string of the molecule is CCC(C)C(=O)CSCC1CCCC1. The molecule has 0 N–H and O–H groups in total. The van der Waals surface area contributed by atoms with Crippen LogP contribution >= 0.6 is 11.8 Å². The van der Waals surface area contributed by atoms with Crippen molar-refractivity contribution in [3.8, 4) is 0 Å².